The lowest BCUT2D eigenvalue weighted by Gasteiger charge is -2.18. The van der Waals surface area contributed by atoms with Crippen LogP contribution in [0.5, 0.6) is 0 Å². The van der Waals surface area contributed by atoms with E-state index in [-0.39, 0.29) is 64.5 Å². The summed E-state index contributed by atoms with van der Waals surface area (Å²) >= 11 is 6.41. The number of ether oxygens (including phenoxy) is 2. The van der Waals surface area contributed by atoms with E-state index in [1.807, 2.05) is 0 Å². The number of hydrogen-bond donors (Lipinski definition) is 1. The summed E-state index contributed by atoms with van der Waals surface area (Å²) in [4.78, 5) is 25.0. The van der Waals surface area contributed by atoms with Crippen molar-refractivity contribution in [3.05, 3.63) is 39.6 Å². The number of allylic oxidation sites excluding steroid dienone is 2. The van der Waals surface area contributed by atoms with Crippen LogP contribution in [-0.2, 0) is 30.7 Å². The highest BCUT2D eigenvalue weighted by Gasteiger charge is 2.30. The molecule has 1 aromatic rings. The van der Waals surface area contributed by atoms with Gasteiger partial charge in [-0.05, 0) is 31.4 Å². The molecule has 158 valence electrons. The van der Waals surface area contributed by atoms with Gasteiger partial charge in [0, 0.05) is 36.8 Å². The minimum Gasteiger partial charge on any atom is -0.511 e. The van der Waals surface area contributed by atoms with E-state index in [1.54, 1.807) is 0 Å². The van der Waals surface area contributed by atoms with Crippen LogP contribution in [0.25, 0.3) is 0 Å². The van der Waals surface area contributed by atoms with E-state index in [1.165, 1.54) is 12.1 Å². The van der Waals surface area contributed by atoms with Crippen LogP contribution in [0.15, 0.2) is 28.4 Å². The van der Waals surface area contributed by atoms with Crippen LogP contribution in [0.1, 0.15) is 48.0 Å². The Balaban J connectivity index is 1.94. The Bertz CT molecular complexity index is 959. The molecular weight excluding hydrogens is 420 g/mol. The van der Waals surface area contributed by atoms with Crippen molar-refractivity contribution < 1.29 is 32.6 Å². The summed E-state index contributed by atoms with van der Waals surface area (Å²) in [7, 11) is -3.63. The van der Waals surface area contributed by atoms with E-state index in [2.05, 4.69) is 0 Å². The molecule has 1 saturated heterocycles. The molecule has 1 atom stereocenters. The number of Topliss-reactive ketones (excluding diaryl/α,β-unsaturated/α-hetero) is 2. The molecule has 0 radical (unpaired) electrons. The predicted molar refractivity (Wildman–Crippen MR) is 106 cm³/mol. The van der Waals surface area contributed by atoms with E-state index in [0.29, 0.717) is 13.0 Å². The third-order valence-electron chi connectivity index (χ3n) is 5.03. The van der Waals surface area contributed by atoms with Crippen LogP contribution in [0.4, 0.5) is 0 Å². The van der Waals surface area contributed by atoms with Crippen molar-refractivity contribution >= 4 is 33.0 Å². The minimum atomic E-state index is -3.63. The first-order valence-electron chi connectivity index (χ1n) is 9.41. The van der Waals surface area contributed by atoms with Gasteiger partial charge in [0.15, 0.2) is 15.6 Å². The van der Waals surface area contributed by atoms with Crippen LogP contribution >= 0.6 is 11.6 Å². The fraction of sp³-hybridized carbons (Fsp3) is 0.500. The number of halogens is 1. The summed E-state index contributed by atoms with van der Waals surface area (Å²) in [5.74, 6) is -1.42. The van der Waals surface area contributed by atoms with Gasteiger partial charge < -0.3 is 14.6 Å². The summed E-state index contributed by atoms with van der Waals surface area (Å²) in [6.07, 6.45) is 3.68. The summed E-state index contributed by atoms with van der Waals surface area (Å²) in [5.41, 5.74) is -0.163. The molecule has 1 aliphatic heterocycles. The standard InChI is InChI=1S/C20H23ClO7S/c1-29(25,26)17-8-7-13(20(24)18-15(22)5-2-6-16(18)23)19(21)14(17)11-27-10-12-4-3-9-28-12/h7-8,12,22H,2-6,9-11H2,1H3. The lowest BCUT2D eigenvalue weighted by molar-refractivity contribution is -0.116. The van der Waals surface area contributed by atoms with E-state index >= 15 is 0 Å². The van der Waals surface area contributed by atoms with E-state index in [9.17, 15) is 23.1 Å². The zero-order chi connectivity index (χ0) is 21.2. The number of aliphatic hydroxyl groups is 1. The smallest absolute Gasteiger partial charge is 0.201 e. The molecule has 9 heteroatoms. The maximum Gasteiger partial charge on any atom is 0.201 e. The monoisotopic (exact) mass is 442 g/mol. The predicted octanol–water partition coefficient (Wildman–Crippen LogP) is 3.19. The number of hydrogen-bond acceptors (Lipinski definition) is 7. The summed E-state index contributed by atoms with van der Waals surface area (Å²) in [5, 5.41) is 9.94. The first-order chi connectivity index (χ1) is 13.7. The Hall–Kier alpha value is -1.74. The number of sulfone groups is 1. The second-order valence-corrected chi connectivity index (χ2v) is 9.62. The molecule has 29 heavy (non-hydrogen) atoms. The highest BCUT2D eigenvalue weighted by atomic mass is 35.5. The Kier molecular flexibility index (Phi) is 6.78. The molecule has 7 nitrogen and oxygen atoms in total. The molecule has 0 amide bonds. The Labute approximate surface area is 174 Å². The largest absolute Gasteiger partial charge is 0.511 e. The van der Waals surface area contributed by atoms with Gasteiger partial charge in [-0.1, -0.05) is 11.6 Å². The third kappa shape index (κ3) is 4.88. The van der Waals surface area contributed by atoms with Crippen LogP contribution in [0.3, 0.4) is 0 Å². The van der Waals surface area contributed by atoms with Gasteiger partial charge in [-0.2, -0.15) is 0 Å². The Morgan fingerprint density at radius 3 is 2.69 bits per heavy atom. The van der Waals surface area contributed by atoms with E-state index < -0.39 is 21.4 Å². The molecule has 1 aliphatic carbocycles. The number of ketones is 2. The number of benzene rings is 1. The average Bonchev–Trinajstić information content (AvgIpc) is 3.15. The normalized spacial score (nSPS) is 20.3. The zero-order valence-corrected chi connectivity index (χ0v) is 17.6. The highest BCUT2D eigenvalue weighted by Crippen LogP contribution is 2.32. The average molecular weight is 443 g/mol. The van der Waals surface area contributed by atoms with Crippen LogP contribution in [0, 0.1) is 0 Å². The lowest BCUT2D eigenvalue weighted by Crippen LogP contribution is -2.21. The summed E-state index contributed by atoms with van der Waals surface area (Å²) in [6.45, 7) is 0.823. The molecule has 1 N–H and O–H groups in total. The van der Waals surface area contributed by atoms with Gasteiger partial charge in [0.05, 0.1) is 29.2 Å². The highest BCUT2D eigenvalue weighted by molar-refractivity contribution is 7.90. The molecule has 3 rings (SSSR count). The zero-order valence-electron chi connectivity index (χ0n) is 16.1. The van der Waals surface area contributed by atoms with Crippen molar-refractivity contribution in [2.24, 2.45) is 0 Å². The SMILES string of the molecule is CS(=O)(=O)c1ccc(C(=O)C2=C(O)CCCC2=O)c(Cl)c1COCC1CCCO1. The van der Waals surface area contributed by atoms with Crippen molar-refractivity contribution in [1.29, 1.82) is 0 Å². The van der Waals surface area contributed by atoms with Gasteiger partial charge >= 0.3 is 0 Å². The fourth-order valence-electron chi connectivity index (χ4n) is 3.55. The number of carbonyl (C=O) groups excluding carboxylic acids is 2. The molecule has 1 heterocycles. The van der Waals surface area contributed by atoms with Gasteiger partial charge in [-0.3, -0.25) is 9.59 Å². The quantitative estimate of drug-likeness (QED) is 0.510. The molecular formula is C20H23ClO7S. The van der Waals surface area contributed by atoms with Crippen molar-refractivity contribution in [3.63, 3.8) is 0 Å². The van der Waals surface area contributed by atoms with Gasteiger partial charge in [-0.25, -0.2) is 8.42 Å². The first-order valence-corrected chi connectivity index (χ1v) is 11.7. The maximum atomic E-state index is 12.9. The van der Waals surface area contributed by atoms with Crippen LogP contribution in [0.2, 0.25) is 5.02 Å². The van der Waals surface area contributed by atoms with Gasteiger partial charge in [-0.15, -0.1) is 0 Å². The number of carbonyl (C=O) groups is 2. The third-order valence-corrected chi connectivity index (χ3v) is 6.64. The van der Waals surface area contributed by atoms with Gasteiger partial charge in [0.2, 0.25) is 5.78 Å². The molecule has 1 unspecified atom stereocenters. The maximum absolute atomic E-state index is 12.9. The molecule has 0 saturated carbocycles. The van der Waals surface area contributed by atoms with Crippen molar-refractivity contribution in [2.45, 2.75) is 49.7 Å². The second-order valence-electron chi connectivity index (χ2n) is 7.25. The molecule has 1 fully saturated rings. The second kappa shape index (κ2) is 8.95. The molecule has 0 aromatic heterocycles. The van der Waals surface area contributed by atoms with Crippen LogP contribution < -0.4 is 0 Å². The van der Waals surface area contributed by atoms with E-state index in [0.717, 1.165) is 19.1 Å². The number of rotatable bonds is 7. The molecule has 0 bridgehead atoms. The first kappa shape index (κ1) is 22.0. The Morgan fingerprint density at radius 1 is 1.31 bits per heavy atom. The number of aliphatic hydroxyl groups excluding tert-OH is 1. The van der Waals surface area contributed by atoms with Crippen LogP contribution in [-0.4, -0.2) is 50.7 Å². The molecule has 1 aromatic carbocycles. The van der Waals surface area contributed by atoms with Crippen molar-refractivity contribution in [1.82, 2.24) is 0 Å². The van der Waals surface area contributed by atoms with Crippen molar-refractivity contribution in [2.75, 3.05) is 19.5 Å². The van der Waals surface area contributed by atoms with Gasteiger partial charge in [0.1, 0.15) is 11.3 Å². The summed E-state index contributed by atoms with van der Waals surface area (Å²) < 4.78 is 35.5. The Morgan fingerprint density at radius 2 is 2.07 bits per heavy atom. The molecule has 0 spiro atoms. The van der Waals surface area contributed by atoms with E-state index in [4.69, 9.17) is 21.1 Å². The fourth-order valence-corrected chi connectivity index (χ4v) is 4.83. The summed E-state index contributed by atoms with van der Waals surface area (Å²) in [6, 6.07) is 2.55. The lowest BCUT2D eigenvalue weighted by atomic mass is 9.90. The minimum absolute atomic E-state index is 0.0356. The molecule has 2 aliphatic rings. The van der Waals surface area contributed by atoms with Gasteiger partial charge in [0.25, 0.3) is 0 Å². The van der Waals surface area contributed by atoms with Crippen molar-refractivity contribution in [3.8, 4) is 0 Å². The topological polar surface area (TPSA) is 107 Å².